The number of benzene rings is 1. The highest BCUT2D eigenvalue weighted by Gasteiger charge is 2.42. The number of aliphatic hydroxyl groups is 1. The number of aliphatic hydroxyl groups excluding tert-OH is 1. The van der Waals surface area contributed by atoms with Crippen molar-refractivity contribution in [1.82, 2.24) is 0 Å². The molecule has 0 bridgehead atoms. The predicted octanol–water partition coefficient (Wildman–Crippen LogP) is 4.71. The van der Waals surface area contributed by atoms with Gasteiger partial charge in [0.15, 0.2) is 0 Å². The largest absolute Gasteiger partial charge is 0.391 e. The molecule has 0 heterocycles. The molecule has 1 aliphatic rings. The molecule has 2 rings (SSSR count). The Morgan fingerprint density at radius 2 is 1.70 bits per heavy atom. The van der Waals surface area contributed by atoms with Gasteiger partial charge in [0.05, 0.1) is 12.0 Å². The van der Waals surface area contributed by atoms with Crippen LogP contribution >= 0.6 is 0 Å². The molecule has 4 heteroatoms. The van der Waals surface area contributed by atoms with Crippen LogP contribution in [0.1, 0.15) is 48.5 Å². The van der Waals surface area contributed by atoms with Crippen LogP contribution in [0.5, 0.6) is 0 Å². The number of hydrogen-bond donors (Lipinski definition) is 1. The van der Waals surface area contributed by atoms with Crippen LogP contribution in [0.2, 0.25) is 0 Å². The highest BCUT2D eigenvalue weighted by Crippen LogP contribution is 2.43. The molecule has 1 saturated carbocycles. The van der Waals surface area contributed by atoms with Gasteiger partial charge in [-0.2, -0.15) is 13.2 Å². The molecule has 1 nitrogen and oxygen atoms in total. The Morgan fingerprint density at radius 3 is 2.25 bits per heavy atom. The van der Waals surface area contributed by atoms with E-state index < -0.39 is 18.2 Å². The Bertz CT molecular complexity index is 459. The lowest BCUT2D eigenvalue weighted by Crippen LogP contribution is -2.29. The second-order valence-electron chi connectivity index (χ2n) is 5.96. The molecule has 0 radical (unpaired) electrons. The van der Waals surface area contributed by atoms with Crippen molar-refractivity contribution in [3.8, 4) is 0 Å². The molecule has 0 aromatic heterocycles. The van der Waals surface area contributed by atoms with Crippen molar-refractivity contribution in [2.75, 3.05) is 0 Å². The van der Waals surface area contributed by atoms with Gasteiger partial charge in [-0.15, -0.1) is 0 Å². The van der Waals surface area contributed by atoms with Gasteiger partial charge in [0.2, 0.25) is 0 Å². The molecule has 1 aromatic carbocycles. The van der Waals surface area contributed by atoms with Gasteiger partial charge in [-0.3, -0.25) is 0 Å². The zero-order valence-electron chi connectivity index (χ0n) is 11.9. The van der Waals surface area contributed by atoms with Crippen molar-refractivity contribution in [3.05, 3.63) is 34.9 Å². The van der Waals surface area contributed by atoms with Gasteiger partial charge in [-0.05, 0) is 56.6 Å². The molecule has 0 aliphatic heterocycles. The summed E-state index contributed by atoms with van der Waals surface area (Å²) < 4.78 is 37.9. The van der Waals surface area contributed by atoms with Crippen LogP contribution < -0.4 is 0 Å². The van der Waals surface area contributed by atoms with E-state index in [9.17, 15) is 18.3 Å². The number of hydrogen-bond acceptors (Lipinski definition) is 1. The highest BCUT2D eigenvalue weighted by molar-refractivity contribution is 5.32. The SMILES string of the molecule is Cc1ccc(C)c(C(O)C2CCC(C(F)(F)F)CC2)c1. The van der Waals surface area contributed by atoms with E-state index in [1.807, 2.05) is 32.0 Å². The van der Waals surface area contributed by atoms with Gasteiger partial charge in [0, 0.05) is 0 Å². The van der Waals surface area contributed by atoms with E-state index in [-0.39, 0.29) is 18.8 Å². The van der Waals surface area contributed by atoms with Crippen LogP contribution in [0, 0.1) is 25.7 Å². The van der Waals surface area contributed by atoms with Crippen molar-refractivity contribution in [3.63, 3.8) is 0 Å². The third-order valence-electron chi connectivity index (χ3n) is 4.43. The van der Waals surface area contributed by atoms with E-state index in [0.717, 1.165) is 16.7 Å². The Morgan fingerprint density at radius 1 is 1.10 bits per heavy atom. The summed E-state index contributed by atoms with van der Waals surface area (Å²) in [5.74, 6) is -1.25. The first-order valence-electron chi connectivity index (χ1n) is 7.11. The summed E-state index contributed by atoms with van der Waals surface area (Å²) in [5, 5.41) is 10.5. The lowest BCUT2D eigenvalue weighted by molar-refractivity contribution is -0.185. The lowest BCUT2D eigenvalue weighted by Gasteiger charge is -2.33. The van der Waals surface area contributed by atoms with Crippen molar-refractivity contribution in [1.29, 1.82) is 0 Å². The first-order chi connectivity index (χ1) is 9.29. The summed E-state index contributed by atoms with van der Waals surface area (Å²) in [5.41, 5.74) is 2.93. The monoisotopic (exact) mass is 286 g/mol. The van der Waals surface area contributed by atoms with Crippen molar-refractivity contribution >= 4 is 0 Å². The molecule has 112 valence electrons. The summed E-state index contributed by atoms with van der Waals surface area (Å²) in [6, 6.07) is 5.87. The van der Waals surface area contributed by atoms with Gasteiger partial charge in [-0.1, -0.05) is 23.8 Å². The van der Waals surface area contributed by atoms with Crippen molar-refractivity contribution in [2.24, 2.45) is 11.8 Å². The third-order valence-corrected chi connectivity index (χ3v) is 4.43. The summed E-state index contributed by atoms with van der Waals surface area (Å²) in [7, 11) is 0. The molecule has 1 fully saturated rings. The molecular formula is C16H21F3O. The lowest BCUT2D eigenvalue weighted by atomic mass is 9.77. The molecule has 1 N–H and O–H groups in total. The molecule has 0 spiro atoms. The summed E-state index contributed by atoms with van der Waals surface area (Å²) >= 11 is 0. The van der Waals surface area contributed by atoms with E-state index in [0.29, 0.717) is 12.8 Å². The fourth-order valence-electron chi connectivity index (χ4n) is 3.09. The summed E-state index contributed by atoms with van der Waals surface area (Å²) in [4.78, 5) is 0. The Kier molecular flexibility index (Phi) is 4.43. The molecule has 0 amide bonds. The van der Waals surface area contributed by atoms with Crippen molar-refractivity contribution in [2.45, 2.75) is 51.8 Å². The Labute approximate surface area is 117 Å². The van der Waals surface area contributed by atoms with Gasteiger partial charge >= 0.3 is 6.18 Å². The fourth-order valence-corrected chi connectivity index (χ4v) is 3.09. The van der Waals surface area contributed by atoms with Gasteiger partial charge in [0.1, 0.15) is 0 Å². The first kappa shape index (κ1) is 15.4. The average Bonchev–Trinajstić information content (AvgIpc) is 2.40. The molecule has 1 aromatic rings. The quantitative estimate of drug-likeness (QED) is 0.835. The average molecular weight is 286 g/mol. The number of halogens is 3. The maximum atomic E-state index is 12.6. The maximum absolute atomic E-state index is 12.6. The number of rotatable bonds is 2. The molecule has 1 unspecified atom stereocenters. The van der Waals surface area contributed by atoms with Crippen LogP contribution in [0.25, 0.3) is 0 Å². The van der Waals surface area contributed by atoms with Crippen LogP contribution in [0.4, 0.5) is 13.2 Å². The van der Waals surface area contributed by atoms with Crippen LogP contribution in [0.15, 0.2) is 18.2 Å². The Balaban J connectivity index is 2.05. The smallest absolute Gasteiger partial charge is 0.388 e. The topological polar surface area (TPSA) is 20.2 Å². The highest BCUT2D eigenvalue weighted by atomic mass is 19.4. The number of aryl methyl sites for hydroxylation is 2. The zero-order chi connectivity index (χ0) is 14.9. The van der Waals surface area contributed by atoms with E-state index >= 15 is 0 Å². The van der Waals surface area contributed by atoms with Crippen LogP contribution in [0.3, 0.4) is 0 Å². The minimum Gasteiger partial charge on any atom is -0.388 e. The standard InChI is InChI=1S/C16H21F3O/c1-10-3-4-11(2)14(9-10)15(20)12-5-7-13(8-6-12)16(17,18)19/h3-4,9,12-13,15,20H,5-8H2,1-2H3. The zero-order valence-corrected chi connectivity index (χ0v) is 11.9. The maximum Gasteiger partial charge on any atom is 0.391 e. The van der Waals surface area contributed by atoms with E-state index in [4.69, 9.17) is 0 Å². The minimum atomic E-state index is -4.09. The second-order valence-corrected chi connectivity index (χ2v) is 5.96. The molecule has 1 atom stereocenters. The van der Waals surface area contributed by atoms with E-state index in [2.05, 4.69) is 0 Å². The molecular weight excluding hydrogens is 265 g/mol. The third kappa shape index (κ3) is 3.35. The van der Waals surface area contributed by atoms with Crippen molar-refractivity contribution < 1.29 is 18.3 Å². The molecule has 0 saturated heterocycles. The number of alkyl halides is 3. The van der Waals surface area contributed by atoms with Gasteiger partial charge in [-0.25, -0.2) is 0 Å². The van der Waals surface area contributed by atoms with Crippen LogP contribution in [-0.2, 0) is 0 Å². The Hall–Kier alpha value is -1.03. The fraction of sp³-hybridized carbons (Fsp3) is 0.625. The molecule has 1 aliphatic carbocycles. The van der Waals surface area contributed by atoms with E-state index in [1.54, 1.807) is 0 Å². The normalized spacial score (nSPS) is 25.5. The van der Waals surface area contributed by atoms with Gasteiger partial charge in [0.25, 0.3) is 0 Å². The second kappa shape index (κ2) is 5.76. The predicted molar refractivity (Wildman–Crippen MR) is 72.4 cm³/mol. The van der Waals surface area contributed by atoms with E-state index in [1.165, 1.54) is 0 Å². The molecule has 20 heavy (non-hydrogen) atoms. The first-order valence-corrected chi connectivity index (χ1v) is 7.11. The summed E-state index contributed by atoms with van der Waals surface area (Å²) in [6.45, 7) is 3.88. The minimum absolute atomic E-state index is 0.0610. The van der Waals surface area contributed by atoms with Gasteiger partial charge < -0.3 is 5.11 Å². The van der Waals surface area contributed by atoms with Crippen LogP contribution in [-0.4, -0.2) is 11.3 Å². The summed E-state index contributed by atoms with van der Waals surface area (Å²) in [6.07, 6.45) is -3.58.